The largest absolute Gasteiger partial charge is 0.385 e. The summed E-state index contributed by atoms with van der Waals surface area (Å²) in [6, 6.07) is 2.00. The van der Waals surface area contributed by atoms with Crippen molar-refractivity contribution >= 4 is 11.8 Å². The Bertz CT molecular complexity index is 677. The van der Waals surface area contributed by atoms with E-state index < -0.39 is 0 Å². The average molecular weight is 377 g/mol. The first-order chi connectivity index (χ1) is 12.9. The summed E-state index contributed by atoms with van der Waals surface area (Å²) in [5.41, 5.74) is 2.14. The van der Waals surface area contributed by atoms with Crippen molar-refractivity contribution in [3.05, 3.63) is 17.5 Å². The fraction of sp³-hybridized carbons (Fsp3) is 0.750. The summed E-state index contributed by atoms with van der Waals surface area (Å²) in [5, 5.41) is 4.40. The monoisotopic (exact) mass is 376 g/mol. The normalized spacial score (nSPS) is 19.7. The van der Waals surface area contributed by atoms with E-state index in [1.165, 1.54) is 0 Å². The number of amides is 2. The molecular weight excluding hydrogens is 344 g/mol. The van der Waals surface area contributed by atoms with E-state index in [1.807, 2.05) is 29.7 Å². The van der Waals surface area contributed by atoms with Crippen LogP contribution in [0.25, 0.3) is 0 Å². The number of methoxy groups -OCH3 is 1. The number of rotatable bonds is 6. The maximum Gasteiger partial charge on any atom is 0.244 e. The molecule has 1 aromatic rings. The van der Waals surface area contributed by atoms with E-state index in [0.29, 0.717) is 19.6 Å². The number of nitrogens with zero attached hydrogens (tertiary/aromatic N) is 4. The molecule has 1 spiro atoms. The van der Waals surface area contributed by atoms with Crippen LogP contribution in [0.4, 0.5) is 0 Å². The number of ether oxygens (including phenoxy) is 1. The van der Waals surface area contributed by atoms with Gasteiger partial charge >= 0.3 is 0 Å². The minimum absolute atomic E-state index is 0.139. The fourth-order valence-corrected chi connectivity index (χ4v) is 4.41. The van der Waals surface area contributed by atoms with Crippen molar-refractivity contribution in [3.8, 4) is 0 Å². The minimum atomic E-state index is 0.139. The molecule has 0 radical (unpaired) electrons. The van der Waals surface area contributed by atoms with Gasteiger partial charge in [0.25, 0.3) is 0 Å². The molecule has 0 saturated carbocycles. The molecule has 2 amide bonds. The van der Waals surface area contributed by atoms with Gasteiger partial charge in [-0.05, 0) is 51.0 Å². The quantitative estimate of drug-likeness (QED) is 0.710. The molecule has 2 aliphatic rings. The predicted molar refractivity (Wildman–Crippen MR) is 102 cm³/mol. The van der Waals surface area contributed by atoms with Gasteiger partial charge in [-0.1, -0.05) is 0 Å². The molecule has 3 heterocycles. The lowest BCUT2D eigenvalue weighted by molar-refractivity contribution is -0.143. The Hall–Kier alpha value is -1.89. The highest BCUT2D eigenvalue weighted by Crippen LogP contribution is 2.40. The molecule has 0 unspecified atom stereocenters. The Labute approximate surface area is 161 Å². The van der Waals surface area contributed by atoms with E-state index >= 15 is 0 Å². The molecule has 3 rings (SSSR count). The third-order valence-electron chi connectivity index (χ3n) is 6.09. The molecular formula is C20H32N4O3. The average Bonchev–Trinajstić information content (AvgIpc) is 2.96. The number of piperidine rings is 2. The van der Waals surface area contributed by atoms with Crippen LogP contribution in [0.3, 0.4) is 0 Å². The van der Waals surface area contributed by atoms with E-state index in [0.717, 1.165) is 63.3 Å². The molecule has 0 bridgehead atoms. The SMILES string of the molecule is COCCCN1CC2(CCC1=O)CCN(C(=O)Cn1nc(C)cc1C)CC2. The Morgan fingerprint density at radius 3 is 2.63 bits per heavy atom. The lowest BCUT2D eigenvalue weighted by atomic mass is 9.72. The topological polar surface area (TPSA) is 67.7 Å². The molecule has 2 saturated heterocycles. The summed E-state index contributed by atoms with van der Waals surface area (Å²) < 4.78 is 6.91. The zero-order chi connectivity index (χ0) is 19.4. The van der Waals surface area contributed by atoms with E-state index in [4.69, 9.17) is 4.74 Å². The summed E-state index contributed by atoms with van der Waals surface area (Å²) in [6.07, 6.45) is 4.41. The van der Waals surface area contributed by atoms with Crippen LogP contribution in [0.15, 0.2) is 6.07 Å². The van der Waals surface area contributed by atoms with Crippen LogP contribution in [0.1, 0.15) is 43.5 Å². The van der Waals surface area contributed by atoms with Gasteiger partial charge in [-0.25, -0.2) is 0 Å². The van der Waals surface area contributed by atoms with Crippen LogP contribution < -0.4 is 0 Å². The standard InChI is InChI=1S/C20H32N4O3/c1-16-13-17(2)24(21-16)14-19(26)22-10-7-20(8-11-22)6-5-18(25)23(15-20)9-4-12-27-3/h13H,4-12,14-15H2,1-3H3. The highest BCUT2D eigenvalue weighted by Gasteiger charge is 2.41. The van der Waals surface area contributed by atoms with E-state index in [2.05, 4.69) is 5.10 Å². The van der Waals surface area contributed by atoms with Gasteiger partial charge in [-0.3, -0.25) is 14.3 Å². The molecule has 7 nitrogen and oxygen atoms in total. The molecule has 150 valence electrons. The predicted octanol–water partition coefficient (Wildman–Crippen LogP) is 1.77. The first kappa shape index (κ1) is 19.9. The Morgan fingerprint density at radius 1 is 1.26 bits per heavy atom. The smallest absolute Gasteiger partial charge is 0.244 e. The molecule has 27 heavy (non-hydrogen) atoms. The van der Waals surface area contributed by atoms with E-state index in [1.54, 1.807) is 11.8 Å². The zero-order valence-corrected chi connectivity index (χ0v) is 16.9. The van der Waals surface area contributed by atoms with Crippen molar-refractivity contribution in [1.82, 2.24) is 19.6 Å². The lowest BCUT2D eigenvalue weighted by Crippen LogP contribution is -2.53. The summed E-state index contributed by atoms with van der Waals surface area (Å²) in [7, 11) is 1.69. The molecule has 0 N–H and O–H groups in total. The molecule has 1 aromatic heterocycles. The maximum atomic E-state index is 12.7. The highest BCUT2D eigenvalue weighted by atomic mass is 16.5. The number of likely N-dealkylation sites (tertiary alicyclic amines) is 2. The van der Waals surface area contributed by atoms with Gasteiger partial charge in [0.1, 0.15) is 6.54 Å². The van der Waals surface area contributed by atoms with Crippen molar-refractivity contribution in [2.45, 2.75) is 52.5 Å². The van der Waals surface area contributed by atoms with E-state index in [-0.39, 0.29) is 17.2 Å². The molecule has 7 heteroatoms. The van der Waals surface area contributed by atoms with Crippen LogP contribution in [0.2, 0.25) is 0 Å². The van der Waals surface area contributed by atoms with Crippen molar-refractivity contribution in [2.24, 2.45) is 5.41 Å². The van der Waals surface area contributed by atoms with Crippen LogP contribution in [0.5, 0.6) is 0 Å². The van der Waals surface area contributed by atoms with Crippen LogP contribution in [-0.2, 0) is 20.9 Å². The highest BCUT2D eigenvalue weighted by molar-refractivity contribution is 5.77. The second kappa shape index (κ2) is 8.42. The Balaban J connectivity index is 1.53. The van der Waals surface area contributed by atoms with Crippen LogP contribution in [0, 0.1) is 19.3 Å². The number of hydrogen-bond donors (Lipinski definition) is 0. The number of aromatic nitrogens is 2. The number of hydrogen-bond acceptors (Lipinski definition) is 4. The first-order valence-corrected chi connectivity index (χ1v) is 9.98. The second-order valence-corrected chi connectivity index (χ2v) is 8.13. The third kappa shape index (κ3) is 4.69. The third-order valence-corrected chi connectivity index (χ3v) is 6.09. The Kier molecular flexibility index (Phi) is 6.19. The van der Waals surface area contributed by atoms with Crippen molar-refractivity contribution in [2.75, 3.05) is 39.9 Å². The van der Waals surface area contributed by atoms with Crippen molar-refractivity contribution in [3.63, 3.8) is 0 Å². The van der Waals surface area contributed by atoms with E-state index in [9.17, 15) is 9.59 Å². The fourth-order valence-electron chi connectivity index (χ4n) is 4.41. The summed E-state index contributed by atoms with van der Waals surface area (Å²) in [5.74, 6) is 0.402. The Morgan fingerprint density at radius 2 is 2.00 bits per heavy atom. The van der Waals surface area contributed by atoms with Gasteiger partial charge < -0.3 is 14.5 Å². The van der Waals surface area contributed by atoms with Crippen molar-refractivity contribution < 1.29 is 14.3 Å². The molecule has 2 aliphatic heterocycles. The van der Waals surface area contributed by atoms with Gasteiger partial charge in [0.15, 0.2) is 0 Å². The van der Waals surface area contributed by atoms with Crippen molar-refractivity contribution in [1.29, 1.82) is 0 Å². The van der Waals surface area contributed by atoms with Gasteiger partial charge in [0, 0.05) is 52.0 Å². The summed E-state index contributed by atoms with van der Waals surface area (Å²) >= 11 is 0. The molecule has 0 atom stereocenters. The van der Waals surface area contributed by atoms with Gasteiger partial charge in [-0.2, -0.15) is 5.10 Å². The second-order valence-electron chi connectivity index (χ2n) is 8.13. The minimum Gasteiger partial charge on any atom is -0.385 e. The van der Waals surface area contributed by atoms with Gasteiger partial charge in [0.2, 0.25) is 11.8 Å². The van der Waals surface area contributed by atoms with Gasteiger partial charge in [0.05, 0.1) is 5.69 Å². The molecule has 0 aromatic carbocycles. The molecule has 2 fully saturated rings. The van der Waals surface area contributed by atoms with Crippen LogP contribution in [-0.4, -0.2) is 71.3 Å². The lowest BCUT2D eigenvalue weighted by Gasteiger charge is -2.47. The summed E-state index contributed by atoms with van der Waals surface area (Å²) in [6.45, 7) is 8.08. The zero-order valence-electron chi connectivity index (χ0n) is 16.9. The number of carbonyl (C=O) groups excluding carboxylic acids is 2. The first-order valence-electron chi connectivity index (χ1n) is 9.98. The molecule has 0 aliphatic carbocycles. The van der Waals surface area contributed by atoms with Gasteiger partial charge in [-0.15, -0.1) is 0 Å². The number of carbonyl (C=O) groups is 2. The summed E-state index contributed by atoms with van der Waals surface area (Å²) in [4.78, 5) is 28.9. The maximum absolute atomic E-state index is 12.7. The number of aryl methyl sites for hydroxylation is 2. The van der Waals surface area contributed by atoms with Crippen LogP contribution >= 0.6 is 0 Å².